The van der Waals surface area contributed by atoms with Gasteiger partial charge < -0.3 is 0 Å². The Morgan fingerprint density at radius 2 is 1.55 bits per heavy atom. The van der Waals surface area contributed by atoms with Gasteiger partial charge in [0.1, 0.15) is 11.5 Å². The Kier molecular flexibility index (Phi) is 3.39. The molecule has 0 aliphatic heterocycles. The van der Waals surface area contributed by atoms with E-state index in [1.54, 1.807) is 30.6 Å². The van der Waals surface area contributed by atoms with Gasteiger partial charge in [0.25, 0.3) is 0 Å². The number of rotatable bonds is 2. The molecule has 0 atom stereocenters. The zero-order chi connectivity index (χ0) is 13.9. The summed E-state index contributed by atoms with van der Waals surface area (Å²) in [5.41, 5.74) is 3.19. The summed E-state index contributed by atoms with van der Waals surface area (Å²) in [5, 5.41) is 8.31. The van der Waals surface area contributed by atoms with Crippen molar-refractivity contribution in [2.24, 2.45) is 0 Å². The van der Waals surface area contributed by atoms with Gasteiger partial charge in [0.05, 0.1) is 0 Å². The molecule has 5 heteroatoms. The fraction of sp³-hybridized carbons (Fsp3) is 0. The van der Waals surface area contributed by atoms with Crippen molar-refractivity contribution in [3.05, 3.63) is 65.8 Å². The molecule has 0 aliphatic carbocycles. The molecule has 0 fully saturated rings. The number of hydrogen-bond acceptors (Lipinski definition) is 3. The van der Waals surface area contributed by atoms with Gasteiger partial charge in [-0.15, -0.1) is 10.2 Å². The molecule has 0 N–H and O–H groups in total. The van der Waals surface area contributed by atoms with Crippen LogP contribution in [-0.4, -0.2) is 15.2 Å². The lowest BCUT2D eigenvalue weighted by molar-refractivity contribution is 0.628. The van der Waals surface area contributed by atoms with Crippen molar-refractivity contribution < 1.29 is 4.39 Å². The summed E-state index contributed by atoms with van der Waals surface area (Å²) in [5.74, 6) is -0.291. The summed E-state index contributed by atoms with van der Waals surface area (Å²) in [6, 6.07) is 11.6. The number of pyridine rings is 1. The van der Waals surface area contributed by atoms with Crippen LogP contribution in [0, 0.1) is 5.82 Å². The normalized spacial score (nSPS) is 10.5. The summed E-state index contributed by atoms with van der Waals surface area (Å²) < 4.78 is 13.0. The van der Waals surface area contributed by atoms with Crippen LogP contribution in [0.15, 0.2) is 54.9 Å². The second kappa shape index (κ2) is 5.35. The molecule has 98 valence electrons. The second-order valence-corrected chi connectivity index (χ2v) is 4.56. The molecular weight excluding hydrogens is 277 g/mol. The first-order valence-electron chi connectivity index (χ1n) is 5.93. The van der Waals surface area contributed by atoms with Gasteiger partial charge in [-0.05, 0) is 48.0 Å². The monoisotopic (exact) mass is 285 g/mol. The maximum Gasteiger partial charge on any atom is 0.152 e. The van der Waals surface area contributed by atoms with Gasteiger partial charge >= 0.3 is 0 Å². The molecule has 3 aromatic rings. The third-order valence-electron chi connectivity index (χ3n) is 2.87. The highest BCUT2D eigenvalue weighted by Gasteiger charge is 2.11. The van der Waals surface area contributed by atoms with Crippen molar-refractivity contribution in [2.75, 3.05) is 0 Å². The molecule has 0 radical (unpaired) electrons. The van der Waals surface area contributed by atoms with Gasteiger partial charge in [0.15, 0.2) is 5.15 Å². The van der Waals surface area contributed by atoms with Gasteiger partial charge in [-0.25, -0.2) is 4.39 Å². The van der Waals surface area contributed by atoms with E-state index in [9.17, 15) is 4.39 Å². The van der Waals surface area contributed by atoms with Gasteiger partial charge in [-0.2, -0.15) is 0 Å². The lowest BCUT2D eigenvalue weighted by atomic mass is 10.0. The van der Waals surface area contributed by atoms with Crippen LogP contribution < -0.4 is 0 Å². The van der Waals surface area contributed by atoms with E-state index in [1.807, 2.05) is 12.1 Å². The Morgan fingerprint density at radius 3 is 2.25 bits per heavy atom. The van der Waals surface area contributed by atoms with Crippen molar-refractivity contribution in [1.29, 1.82) is 0 Å². The molecule has 0 saturated carbocycles. The van der Waals surface area contributed by atoms with E-state index in [4.69, 9.17) is 11.6 Å². The molecule has 2 heterocycles. The zero-order valence-electron chi connectivity index (χ0n) is 10.3. The maximum absolute atomic E-state index is 13.0. The molecule has 0 aliphatic rings. The van der Waals surface area contributed by atoms with Gasteiger partial charge in [-0.3, -0.25) is 4.98 Å². The van der Waals surface area contributed by atoms with E-state index in [0.29, 0.717) is 10.8 Å². The van der Waals surface area contributed by atoms with Crippen LogP contribution in [0.5, 0.6) is 0 Å². The minimum Gasteiger partial charge on any atom is -0.265 e. The van der Waals surface area contributed by atoms with Crippen molar-refractivity contribution in [1.82, 2.24) is 15.2 Å². The van der Waals surface area contributed by atoms with Crippen molar-refractivity contribution in [3.63, 3.8) is 0 Å². The summed E-state index contributed by atoms with van der Waals surface area (Å²) in [7, 11) is 0. The van der Waals surface area contributed by atoms with Crippen LogP contribution in [0.25, 0.3) is 22.4 Å². The van der Waals surface area contributed by atoms with E-state index < -0.39 is 0 Å². The third-order valence-corrected chi connectivity index (χ3v) is 3.06. The molecule has 3 nitrogen and oxygen atoms in total. The minimum atomic E-state index is -0.291. The predicted molar refractivity (Wildman–Crippen MR) is 75.7 cm³/mol. The molecule has 2 aromatic heterocycles. The Morgan fingerprint density at radius 1 is 0.850 bits per heavy atom. The van der Waals surface area contributed by atoms with E-state index in [2.05, 4.69) is 15.2 Å². The van der Waals surface area contributed by atoms with E-state index >= 15 is 0 Å². The summed E-state index contributed by atoms with van der Waals surface area (Å²) in [6.07, 6.45) is 3.39. The largest absolute Gasteiger partial charge is 0.265 e. The smallest absolute Gasteiger partial charge is 0.152 e. The molecule has 0 saturated heterocycles. The summed E-state index contributed by atoms with van der Waals surface area (Å²) in [6.45, 7) is 0. The van der Waals surface area contributed by atoms with E-state index in [-0.39, 0.29) is 5.82 Å². The molecule has 0 bridgehead atoms. The minimum absolute atomic E-state index is 0.291. The van der Waals surface area contributed by atoms with Crippen LogP contribution in [0.4, 0.5) is 4.39 Å². The quantitative estimate of drug-likeness (QED) is 0.714. The van der Waals surface area contributed by atoms with Crippen LogP contribution in [-0.2, 0) is 0 Å². The number of benzene rings is 1. The van der Waals surface area contributed by atoms with Gasteiger partial charge in [0.2, 0.25) is 0 Å². The number of halogens is 2. The van der Waals surface area contributed by atoms with Gasteiger partial charge in [0, 0.05) is 23.5 Å². The topological polar surface area (TPSA) is 38.7 Å². The molecule has 0 amide bonds. The first-order valence-corrected chi connectivity index (χ1v) is 6.31. The highest BCUT2D eigenvalue weighted by molar-refractivity contribution is 6.29. The number of hydrogen-bond donors (Lipinski definition) is 0. The molecular formula is C15H9ClFN3. The summed E-state index contributed by atoms with van der Waals surface area (Å²) in [4.78, 5) is 3.99. The highest BCUT2D eigenvalue weighted by Crippen LogP contribution is 2.31. The first-order chi connectivity index (χ1) is 9.74. The highest BCUT2D eigenvalue weighted by atomic mass is 35.5. The van der Waals surface area contributed by atoms with Gasteiger partial charge in [-0.1, -0.05) is 11.6 Å². The lowest BCUT2D eigenvalue weighted by Crippen LogP contribution is -1.93. The lowest BCUT2D eigenvalue weighted by Gasteiger charge is -2.08. The Labute approximate surface area is 120 Å². The Bertz CT molecular complexity index is 730. The van der Waals surface area contributed by atoms with Crippen molar-refractivity contribution >= 4 is 11.6 Å². The van der Waals surface area contributed by atoms with Crippen LogP contribution >= 0.6 is 11.6 Å². The Balaban J connectivity index is 2.19. The maximum atomic E-state index is 13.0. The molecule has 1 aromatic carbocycles. The number of aromatic nitrogens is 3. The van der Waals surface area contributed by atoms with E-state index in [0.717, 1.165) is 16.7 Å². The van der Waals surface area contributed by atoms with Crippen molar-refractivity contribution in [2.45, 2.75) is 0 Å². The fourth-order valence-electron chi connectivity index (χ4n) is 1.94. The molecule has 3 rings (SSSR count). The number of nitrogens with zero attached hydrogens (tertiary/aromatic N) is 3. The molecule has 20 heavy (non-hydrogen) atoms. The molecule has 0 spiro atoms. The van der Waals surface area contributed by atoms with Crippen LogP contribution in [0.1, 0.15) is 0 Å². The average molecular weight is 286 g/mol. The Hall–Kier alpha value is -2.33. The average Bonchev–Trinajstić information content (AvgIpc) is 2.49. The van der Waals surface area contributed by atoms with E-state index in [1.165, 1.54) is 12.1 Å². The van der Waals surface area contributed by atoms with Crippen LogP contribution in [0.3, 0.4) is 0 Å². The van der Waals surface area contributed by atoms with Crippen molar-refractivity contribution in [3.8, 4) is 22.4 Å². The fourth-order valence-corrected chi connectivity index (χ4v) is 2.09. The standard InChI is InChI=1S/C15H9ClFN3/c16-14-9-13(10-5-7-18-8-6-10)15(20-19-14)11-1-3-12(17)4-2-11/h1-9H. The van der Waals surface area contributed by atoms with Crippen LogP contribution in [0.2, 0.25) is 5.15 Å². The second-order valence-electron chi connectivity index (χ2n) is 4.17. The SMILES string of the molecule is Fc1ccc(-c2nnc(Cl)cc2-c2ccncc2)cc1. The molecule has 0 unspecified atom stereocenters. The predicted octanol–water partition coefficient (Wildman–Crippen LogP) is 4.00. The first kappa shape index (κ1) is 12.7. The summed E-state index contributed by atoms with van der Waals surface area (Å²) >= 11 is 5.93. The zero-order valence-corrected chi connectivity index (χ0v) is 11.0. The third kappa shape index (κ3) is 2.51.